The molecule has 1 unspecified atom stereocenters. The van der Waals surface area contributed by atoms with Crippen LogP contribution < -0.4 is 21.7 Å². The predicted molar refractivity (Wildman–Crippen MR) is 69.3 cm³/mol. The van der Waals surface area contributed by atoms with Crippen LogP contribution in [0.3, 0.4) is 0 Å². The van der Waals surface area contributed by atoms with Crippen molar-refractivity contribution < 1.29 is 9.59 Å². The van der Waals surface area contributed by atoms with Crippen molar-refractivity contribution in [3.63, 3.8) is 0 Å². The van der Waals surface area contributed by atoms with Crippen molar-refractivity contribution >= 4 is 23.3 Å². The third-order valence-electron chi connectivity index (χ3n) is 2.77. The van der Waals surface area contributed by atoms with Crippen LogP contribution in [-0.4, -0.2) is 24.5 Å². The molecule has 1 aromatic carbocycles. The number of amides is 3. The third-order valence-corrected chi connectivity index (χ3v) is 2.77. The van der Waals surface area contributed by atoms with E-state index in [1.54, 1.807) is 24.3 Å². The van der Waals surface area contributed by atoms with E-state index in [1.807, 2.05) is 0 Å². The number of benzene rings is 1. The minimum atomic E-state index is -0.629. The number of carbonyl (C=O) groups excluding carboxylic acids is 2. The summed E-state index contributed by atoms with van der Waals surface area (Å²) in [6.45, 7) is 0.876. The number of nitrogens with two attached hydrogens (primary N) is 1. The van der Waals surface area contributed by atoms with Gasteiger partial charge in [-0.3, -0.25) is 4.79 Å². The number of urea groups is 1. The van der Waals surface area contributed by atoms with Gasteiger partial charge in [-0.2, -0.15) is 0 Å². The Balaban J connectivity index is 2.00. The fourth-order valence-corrected chi connectivity index (χ4v) is 1.95. The zero-order valence-corrected chi connectivity index (χ0v) is 9.90. The van der Waals surface area contributed by atoms with Crippen LogP contribution in [0.1, 0.15) is 12.8 Å². The van der Waals surface area contributed by atoms with Gasteiger partial charge in [0.25, 0.3) is 0 Å². The number of rotatable bonds is 3. The maximum absolute atomic E-state index is 11.9. The van der Waals surface area contributed by atoms with Crippen LogP contribution >= 0.6 is 0 Å². The number of hydrogen-bond donors (Lipinski definition) is 4. The first-order valence-electron chi connectivity index (χ1n) is 5.86. The molecule has 1 atom stereocenters. The van der Waals surface area contributed by atoms with Crippen LogP contribution in [-0.2, 0) is 4.79 Å². The molecule has 0 aromatic heterocycles. The lowest BCUT2D eigenvalue weighted by Crippen LogP contribution is -2.35. The predicted octanol–water partition coefficient (Wildman–Crippen LogP) is 0.868. The highest BCUT2D eigenvalue weighted by molar-refractivity contribution is 5.96. The van der Waals surface area contributed by atoms with E-state index in [-0.39, 0.29) is 11.9 Å². The topological polar surface area (TPSA) is 96.2 Å². The quantitative estimate of drug-likeness (QED) is 0.639. The summed E-state index contributed by atoms with van der Waals surface area (Å²) in [7, 11) is 0. The summed E-state index contributed by atoms with van der Waals surface area (Å²) in [5.74, 6) is -0.0521. The van der Waals surface area contributed by atoms with E-state index in [0.29, 0.717) is 11.4 Å². The molecule has 0 aliphatic carbocycles. The zero-order chi connectivity index (χ0) is 13.0. The number of hydrogen-bond acceptors (Lipinski definition) is 3. The van der Waals surface area contributed by atoms with Crippen LogP contribution in [0, 0.1) is 0 Å². The molecule has 1 aliphatic heterocycles. The van der Waals surface area contributed by atoms with Crippen LogP contribution in [0.15, 0.2) is 24.3 Å². The Morgan fingerprint density at radius 2 is 2.00 bits per heavy atom. The van der Waals surface area contributed by atoms with Gasteiger partial charge in [0.2, 0.25) is 5.91 Å². The van der Waals surface area contributed by atoms with E-state index in [0.717, 1.165) is 19.4 Å². The van der Waals surface area contributed by atoms with Crippen molar-refractivity contribution in [3.8, 4) is 0 Å². The second-order valence-electron chi connectivity index (χ2n) is 4.21. The SMILES string of the molecule is NC(=O)Nc1cccc(NC(=O)C2CCCN2)c1. The molecule has 0 radical (unpaired) electrons. The molecule has 3 amide bonds. The highest BCUT2D eigenvalue weighted by atomic mass is 16.2. The van der Waals surface area contributed by atoms with Gasteiger partial charge in [-0.05, 0) is 37.6 Å². The highest BCUT2D eigenvalue weighted by Gasteiger charge is 2.21. The Morgan fingerprint density at radius 1 is 1.28 bits per heavy atom. The van der Waals surface area contributed by atoms with Crippen molar-refractivity contribution in [3.05, 3.63) is 24.3 Å². The molecule has 1 aromatic rings. The molecule has 1 fully saturated rings. The maximum atomic E-state index is 11.9. The third kappa shape index (κ3) is 3.21. The van der Waals surface area contributed by atoms with Gasteiger partial charge in [-0.15, -0.1) is 0 Å². The first kappa shape index (κ1) is 12.4. The van der Waals surface area contributed by atoms with Gasteiger partial charge < -0.3 is 21.7 Å². The normalized spacial score (nSPS) is 18.3. The van der Waals surface area contributed by atoms with Crippen molar-refractivity contribution in [1.29, 1.82) is 0 Å². The number of anilines is 2. The standard InChI is InChI=1S/C12H16N4O2/c13-12(18)16-9-4-1-3-8(7-9)15-11(17)10-5-2-6-14-10/h1,3-4,7,10,14H,2,5-6H2,(H,15,17)(H3,13,16,18). The number of carbonyl (C=O) groups is 2. The average molecular weight is 248 g/mol. The second kappa shape index (κ2) is 5.50. The molecule has 2 rings (SSSR count). The van der Waals surface area contributed by atoms with Gasteiger partial charge in [0.1, 0.15) is 0 Å². The van der Waals surface area contributed by atoms with Gasteiger partial charge in [0, 0.05) is 11.4 Å². The Hall–Kier alpha value is -2.08. The molecule has 0 bridgehead atoms. The molecule has 6 nitrogen and oxygen atoms in total. The second-order valence-corrected chi connectivity index (χ2v) is 4.21. The van der Waals surface area contributed by atoms with Crippen LogP contribution in [0.5, 0.6) is 0 Å². The van der Waals surface area contributed by atoms with E-state index >= 15 is 0 Å². The van der Waals surface area contributed by atoms with E-state index in [4.69, 9.17) is 5.73 Å². The molecule has 6 heteroatoms. The van der Waals surface area contributed by atoms with Crippen molar-refractivity contribution in [2.75, 3.05) is 17.2 Å². The first-order valence-corrected chi connectivity index (χ1v) is 5.86. The summed E-state index contributed by atoms with van der Waals surface area (Å²) in [5.41, 5.74) is 6.22. The van der Waals surface area contributed by atoms with E-state index in [1.165, 1.54) is 0 Å². The average Bonchev–Trinajstić information content (AvgIpc) is 2.81. The Kier molecular flexibility index (Phi) is 3.78. The lowest BCUT2D eigenvalue weighted by molar-refractivity contribution is -0.117. The first-order chi connectivity index (χ1) is 8.65. The molecule has 0 spiro atoms. The van der Waals surface area contributed by atoms with Gasteiger partial charge in [0.05, 0.1) is 6.04 Å². The lowest BCUT2D eigenvalue weighted by atomic mass is 10.2. The molecule has 0 saturated carbocycles. The summed E-state index contributed by atoms with van der Waals surface area (Å²) in [5, 5.41) is 8.39. The van der Waals surface area contributed by atoms with Crippen molar-refractivity contribution in [2.45, 2.75) is 18.9 Å². The molecular weight excluding hydrogens is 232 g/mol. The minimum Gasteiger partial charge on any atom is -0.351 e. The molecule has 18 heavy (non-hydrogen) atoms. The molecule has 1 saturated heterocycles. The van der Waals surface area contributed by atoms with Crippen LogP contribution in [0.2, 0.25) is 0 Å². The highest BCUT2D eigenvalue weighted by Crippen LogP contribution is 2.16. The Labute approximate surface area is 105 Å². The lowest BCUT2D eigenvalue weighted by Gasteiger charge is -2.12. The minimum absolute atomic E-state index is 0.0521. The summed E-state index contributed by atoms with van der Waals surface area (Å²) < 4.78 is 0. The summed E-state index contributed by atoms with van der Waals surface area (Å²) in [6.07, 6.45) is 1.87. The molecule has 96 valence electrons. The smallest absolute Gasteiger partial charge is 0.316 e. The number of primary amides is 1. The Morgan fingerprint density at radius 3 is 2.61 bits per heavy atom. The zero-order valence-electron chi connectivity index (χ0n) is 9.90. The van der Waals surface area contributed by atoms with Crippen molar-refractivity contribution in [1.82, 2.24) is 5.32 Å². The molecule has 1 heterocycles. The van der Waals surface area contributed by atoms with E-state index < -0.39 is 6.03 Å². The molecular formula is C12H16N4O2. The summed E-state index contributed by atoms with van der Waals surface area (Å²) >= 11 is 0. The fraction of sp³-hybridized carbons (Fsp3) is 0.333. The van der Waals surface area contributed by atoms with Crippen LogP contribution in [0.25, 0.3) is 0 Å². The number of nitrogens with one attached hydrogen (secondary N) is 3. The van der Waals surface area contributed by atoms with Crippen molar-refractivity contribution in [2.24, 2.45) is 5.73 Å². The molecule has 1 aliphatic rings. The van der Waals surface area contributed by atoms with Gasteiger partial charge in [-0.1, -0.05) is 6.07 Å². The Bertz CT molecular complexity index is 455. The monoisotopic (exact) mass is 248 g/mol. The summed E-state index contributed by atoms with van der Waals surface area (Å²) in [4.78, 5) is 22.6. The summed E-state index contributed by atoms with van der Waals surface area (Å²) in [6, 6.07) is 6.11. The van der Waals surface area contributed by atoms with E-state index in [2.05, 4.69) is 16.0 Å². The van der Waals surface area contributed by atoms with E-state index in [9.17, 15) is 9.59 Å². The van der Waals surface area contributed by atoms with Gasteiger partial charge in [-0.25, -0.2) is 4.79 Å². The van der Waals surface area contributed by atoms with Crippen LogP contribution in [0.4, 0.5) is 16.2 Å². The van der Waals surface area contributed by atoms with Gasteiger partial charge in [0.15, 0.2) is 0 Å². The maximum Gasteiger partial charge on any atom is 0.316 e. The van der Waals surface area contributed by atoms with Gasteiger partial charge >= 0.3 is 6.03 Å². The molecule has 5 N–H and O–H groups in total. The fourth-order valence-electron chi connectivity index (χ4n) is 1.95. The largest absolute Gasteiger partial charge is 0.351 e.